The molecule has 32 heavy (non-hydrogen) atoms. The van der Waals surface area contributed by atoms with E-state index in [2.05, 4.69) is 20.3 Å². The lowest BCUT2D eigenvalue weighted by molar-refractivity contribution is -0.123. The number of nitrogens with one attached hydrogen (secondary N) is 1. The van der Waals surface area contributed by atoms with Crippen molar-refractivity contribution in [2.24, 2.45) is 0 Å². The second-order valence-corrected chi connectivity index (χ2v) is 7.80. The number of nitrogens with zero attached hydrogens (tertiary/aromatic N) is 5. The first-order valence-corrected chi connectivity index (χ1v) is 11.5. The van der Waals surface area contributed by atoms with E-state index in [4.69, 9.17) is 19.2 Å². The van der Waals surface area contributed by atoms with E-state index in [1.54, 1.807) is 30.1 Å². The maximum atomic E-state index is 12.2. The van der Waals surface area contributed by atoms with Gasteiger partial charge in [0.2, 0.25) is 0 Å². The molecule has 0 radical (unpaired) electrons. The van der Waals surface area contributed by atoms with Gasteiger partial charge in [0.1, 0.15) is 5.82 Å². The fraction of sp³-hybridized carbons (Fsp3) is 0.429. The number of hydrogen-bond donors (Lipinski definition) is 1. The number of thioether (sulfide) groups is 1. The van der Waals surface area contributed by atoms with E-state index in [0.717, 1.165) is 29.9 Å². The number of fused-ring (bicyclic) bond motifs is 1. The SMILES string of the molecule is COc1ccccc1OCC(=O)NCCn1ncc2c(N3CCOCC3)nc(SC)nc21. The molecule has 3 aromatic rings. The van der Waals surface area contributed by atoms with Crippen LogP contribution in [0.15, 0.2) is 35.6 Å². The molecule has 0 atom stereocenters. The number of carbonyl (C=O) groups excluding carboxylic acids is 1. The second kappa shape index (κ2) is 10.5. The van der Waals surface area contributed by atoms with E-state index in [1.807, 2.05) is 18.4 Å². The minimum atomic E-state index is -0.221. The highest BCUT2D eigenvalue weighted by Gasteiger charge is 2.20. The van der Waals surface area contributed by atoms with Crippen molar-refractivity contribution < 1.29 is 19.0 Å². The molecule has 1 aliphatic rings. The summed E-state index contributed by atoms with van der Waals surface area (Å²) in [5.74, 6) is 1.77. The van der Waals surface area contributed by atoms with E-state index in [-0.39, 0.29) is 12.5 Å². The maximum absolute atomic E-state index is 12.2. The molecule has 11 heteroatoms. The molecule has 0 unspecified atom stereocenters. The topological polar surface area (TPSA) is 104 Å². The van der Waals surface area contributed by atoms with Crippen LogP contribution in [-0.2, 0) is 16.1 Å². The Bertz CT molecular complexity index is 1070. The Morgan fingerprint density at radius 2 is 2.00 bits per heavy atom. The van der Waals surface area contributed by atoms with Gasteiger partial charge in [0.25, 0.3) is 5.91 Å². The molecule has 1 fully saturated rings. The number of aromatic nitrogens is 4. The molecule has 1 aromatic carbocycles. The quantitative estimate of drug-likeness (QED) is 0.378. The third-order valence-corrected chi connectivity index (χ3v) is 5.57. The Kier molecular flexibility index (Phi) is 7.28. The van der Waals surface area contributed by atoms with Crippen LogP contribution in [0.4, 0.5) is 5.82 Å². The van der Waals surface area contributed by atoms with Crippen LogP contribution in [0.25, 0.3) is 11.0 Å². The summed E-state index contributed by atoms with van der Waals surface area (Å²) in [6, 6.07) is 7.22. The van der Waals surface area contributed by atoms with Crippen molar-refractivity contribution in [2.45, 2.75) is 11.7 Å². The fourth-order valence-corrected chi connectivity index (χ4v) is 3.78. The molecule has 0 bridgehead atoms. The number of amides is 1. The van der Waals surface area contributed by atoms with Gasteiger partial charge in [-0.1, -0.05) is 23.9 Å². The Hall–Kier alpha value is -3.05. The van der Waals surface area contributed by atoms with Gasteiger partial charge < -0.3 is 24.4 Å². The van der Waals surface area contributed by atoms with Crippen molar-refractivity contribution in [2.75, 3.05) is 57.7 Å². The van der Waals surface area contributed by atoms with E-state index < -0.39 is 0 Å². The van der Waals surface area contributed by atoms with Gasteiger partial charge in [0.15, 0.2) is 28.9 Å². The first-order valence-electron chi connectivity index (χ1n) is 10.3. The first-order chi connectivity index (χ1) is 15.7. The summed E-state index contributed by atoms with van der Waals surface area (Å²) in [7, 11) is 1.56. The third-order valence-electron chi connectivity index (χ3n) is 5.02. The first kappa shape index (κ1) is 22.2. The third kappa shape index (κ3) is 5.05. The second-order valence-electron chi connectivity index (χ2n) is 7.03. The van der Waals surface area contributed by atoms with Crippen molar-refractivity contribution >= 4 is 34.5 Å². The average Bonchev–Trinajstić information content (AvgIpc) is 3.25. The molecule has 1 aliphatic heterocycles. The summed E-state index contributed by atoms with van der Waals surface area (Å²) in [6.45, 7) is 3.71. The summed E-state index contributed by atoms with van der Waals surface area (Å²) >= 11 is 1.49. The lowest BCUT2D eigenvalue weighted by atomic mass is 10.3. The summed E-state index contributed by atoms with van der Waals surface area (Å²) in [4.78, 5) is 23.8. The van der Waals surface area contributed by atoms with Gasteiger partial charge in [0, 0.05) is 19.6 Å². The van der Waals surface area contributed by atoms with Crippen LogP contribution < -0.4 is 19.7 Å². The van der Waals surface area contributed by atoms with Gasteiger partial charge in [-0.3, -0.25) is 4.79 Å². The fourth-order valence-electron chi connectivity index (χ4n) is 3.43. The molecular formula is C21H26N6O4S. The number of benzene rings is 1. The lowest BCUT2D eigenvalue weighted by Crippen LogP contribution is -2.37. The van der Waals surface area contributed by atoms with Crippen LogP contribution in [0.2, 0.25) is 0 Å². The summed E-state index contributed by atoms with van der Waals surface area (Å²) in [5.41, 5.74) is 0.755. The summed E-state index contributed by atoms with van der Waals surface area (Å²) in [6.07, 6.45) is 3.74. The van der Waals surface area contributed by atoms with Crippen molar-refractivity contribution in [3.8, 4) is 11.5 Å². The number of para-hydroxylation sites is 2. The minimum Gasteiger partial charge on any atom is -0.493 e. The molecule has 0 saturated carbocycles. The average molecular weight is 459 g/mol. The summed E-state index contributed by atoms with van der Waals surface area (Å²) < 4.78 is 18.0. The number of rotatable bonds is 9. The molecule has 1 saturated heterocycles. The van der Waals surface area contributed by atoms with Crippen LogP contribution in [0.1, 0.15) is 0 Å². The largest absolute Gasteiger partial charge is 0.493 e. The highest BCUT2D eigenvalue weighted by atomic mass is 32.2. The Morgan fingerprint density at radius 1 is 1.22 bits per heavy atom. The lowest BCUT2D eigenvalue weighted by Gasteiger charge is -2.28. The van der Waals surface area contributed by atoms with E-state index in [0.29, 0.717) is 43.0 Å². The van der Waals surface area contributed by atoms with Gasteiger partial charge in [-0.2, -0.15) is 5.10 Å². The van der Waals surface area contributed by atoms with Crippen LogP contribution in [0.3, 0.4) is 0 Å². The van der Waals surface area contributed by atoms with E-state index in [1.165, 1.54) is 11.8 Å². The van der Waals surface area contributed by atoms with Crippen molar-refractivity contribution in [1.82, 2.24) is 25.1 Å². The van der Waals surface area contributed by atoms with Crippen LogP contribution >= 0.6 is 11.8 Å². The molecule has 10 nitrogen and oxygen atoms in total. The normalized spacial score (nSPS) is 13.9. The predicted octanol–water partition coefficient (Wildman–Crippen LogP) is 1.59. The zero-order valence-electron chi connectivity index (χ0n) is 18.1. The molecular weight excluding hydrogens is 432 g/mol. The van der Waals surface area contributed by atoms with Crippen molar-refractivity contribution in [3.05, 3.63) is 30.5 Å². The summed E-state index contributed by atoms with van der Waals surface area (Å²) in [5, 5.41) is 8.93. The number of ether oxygens (including phenoxy) is 3. The Morgan fingerprint density at radius 3 is 2.75 bits per heavy atom. The Balaban J connectivity index is 1.38. The molecule has 0 spiro atoms. The monoisotopic (exact) mass is 458 g/mol. The van der Waals surface area contributed by atoms with Crippen molar-refractivity contribution in [1.29, 1.82) is 0 Å². The zero-order chi connectivity index (χ0) is 22.3. The highest BCUT2D eigenvalue weighted by molar-refractivity contribution is 7.98. The number of morpholine rings is 1. The van der Waals surface area contributed by atoms with Gasteiger partial charge in [0.05, 0.1) is 38.5 Å². The van der Waals surface area contributed by atoms with Crippen LogP contribution in [-0.4, -0.2) is 78.5 Å². The highest BCUT2D eigenvalue weighted by Crippen LogP contribution is 2.27. The van der Waals surface area contributed by atoms with Crippen molar-refractivity contribution in [3.63, 3.8) is 0 Å². The molecule has 1 amide bonds. The van der Waals surface area contributed by atoms with Gasteiger partial charge in [-0.05, 0) is 18.4 Å². The smallest absolute Gasteiger partial charge is 0.258 e. The van der Waals surface area contributed by atoms with Gasteiger partial charge in [-0.25, -0.2) is 14.6 Å². The Labute approximate surface area is 190 Å². The van der Waals surface area contributed by atoms with Gasteiger partial charge in [-0.15, -0.1) is 0 Å². The standard InChI is InChI=1S/C21H26N6O4S/c1-29-16-5-3-4-6-17(16)31-14-18(28)22-7-8-27-20-15(13-23-27)19(24-21(25-20)32-2)26-9-11-30-12-10-26/h3-6,13H,7-12,14H2,1-2H3,(H,22,28). The molecule has 4 rings (SSSR count). The number of carbonyl (C=O) groups is 1. The minimum absolute atomic E-state index is 0.0970. The maximum Gasteiger partial charge on any atom is 0.258 e. The molecule has 2 aromatic heterocycles. The zero-order valence-corrected chi connectivity index (χ0v) is 18.9. The number of methoxy groups -OCH3 is 1. The van der Waals surface area contributed by atoms with E-state index >= 15 is 0 Å². The predicted molar refractivity (Wildman–Crippen MR) is 122 cm³/mol. The van der Waals surface area contributed by atoms with Gasteiger partial charge >= 0.3 is 0 Å². The molecule has 170 valence electrons. The molecule has 3 heterocycles. The van der Waals surface area contributed by atoms with Crippen LogP contribution in [0, 0.1) is 0 Å². The molecule has 0 aliphatic carbocycles. The van der Waals surface area contributed by atoms with Crippen LogP contribution in [0.5, 0.6) is 11.5 Å². The molecule has 1 N–H and O–H groups in total. The number of anilines is 1. The van der Waals surface area contributed by atoms with E-state index in [9.17, 15) is 4.79 Å². The number of hydrogen-bond acceptors (Lipinski definition) is 9.